The lowest BCUT2D eigenvalue weighted by atomic mass is 10.1. The number of benzene rings is 1. The number of carbonyl (C=O) groups is 2. The van der Waals surface area contributed by atoms with E-state index in [-0.39, 0.29) is 0 Å². The number of para-hydroxylation sites is 1. The average molecular weight is 246 g/mol. The Kier molecular flexibility index (Phi) is 3.29. The SMILES string of the molecule is NC(=O)NC(=O)[C@H](N)Cc1c[nH]c2ccccc12. The maximum absolute atomic E-state index is 11.5. The predicted molar refractivity (Wildman–Crippen MR) is 67.7 cm³/mol. The highest BCUT2D eigenvalue weighted by atomic mass is 16.2. The van der Waals surface area contributed by atoms with Gasteiger partial charge < -0.3 is 16.5 Å². The number of nitrogens with two attached hydrogens (primary N) is 2. The third-order valence-corrected chi connectivity index (χ3v) is 2.70. The molecule has 0 aliphatic rings. The number of amides is 3. The first-order valence-electron chi connectivity index (χ1n) is 5.49. The Labute approximate surface area is 103 Å². The maximum Gasteiger partial charge on any atom is 0.318 e. The Morgan fingerprint density at radius 3 is 2.78 bits per heavy atom. The number of imide groups is 1. The van der Waals surface area contributed by atoms with Gasteiger partial charge in [-0.05, 0) is 18.1 Å². The van der Waals surface area contributed by atoms with Gasteiger partial charge >= 0.3 is 6.03 Å². The summed E-state index contributed by atoms with van der Waals surface area (Å²) in [5.74, 6) is -0.576. The first kappa shape index (κ1) is 12.1. The summed E-state index contributed by atoms with van der Waals surface area (Å²) in [6.07, 6.45) is 2.14. The minimum absolute atomic E-state index is 0.336. The van der Waals surface area contributed by atoms with Crippen LogP contribution in [0.4, 0.5) is 4.79 Å². The van der Waals surface area contributed by atoms with Crippen molar-refractivity contribution in [1.82, 2.24) is 10.3 Å². The highest BCUT2D eigenvalue weighted by molar-refractivity contribution is 5.96. The van der Waals surface area contributed by atoms with Crippen LogP contribution in [-0.4, -0.2) is 23.0 Å². The minimum atomic E-state index is -0.894. The Hall–Kier alpha value is -2.34. The van der Waals surface area contributed by atoms with Gasteiger partial charge in [0.15, 0.2) is 0 Å². The molecule has 1 aromatic carbocycles. The first-order chi connectivity index (χ1) is 8.58. The number of carbonyl (C=O) groups excluding carboxylic acids is 2. The second-order valence-electron chi connectivity index (χ2n) is 4.02. The number of urea groups is 1. The molecule has 0 saturated carbocycles. The summed E-state index contributed by atoms with van der Waals surface area (Å²) in [5, 5.41) is 2.98. The van der Waals surface area contributed by atoms with Crippen LogP contribution in [-0.2, 0) is 11.2 Å². The zero-order valence-corrected chi connectivity index (χ0v) is 9.64. The first-order valence-corrected chi connectivity index (χ1v) is 5.49. The molecular formula is C12H14N4O2. The number of hydrogen-bond acceptors (Lipinski definition) is 3. The van der Waals surface area contributed by atoms with E-state index in [4.69, 9.17) is 11.5 Å². The largest absolute Gasteiger partial charge is 0.361 e. The highest BCUT2D eigenvalue weighted by Crippen LogP contribution is 2.18. The van der Waals surface area contributed by atoms with E-state index >= 15 is 0 Å². The second kappa shape index (κ2) is 4.89. The predicted octanol–water partition coefficient (Wildman–Crippen LogP) is 0.233. The molecule has 0 bridgehead atoms. The van der Waals surface area contributed by atoms with Gasteiger partial charge in [0.05, 0.1) is 6.04 Å². The van der Waals surface area contributed by atoms with Gasteiger partial charge in [-0.1, -0.05) is 18.2 Å². The number of aromatic nitrogens is 1. The second-order valence-corrected chi connectivity index (χ2v) is 4.02. The van der Waals surface area contributed by atoms with E-state index < -0.39 is 18.0 Å². The van der Waals surface area contributed by atoms with Crippen LogP contribution < -0.4 is 16.8 Å². The van der Waals surface area contributed by atoms with E-state index in [1.807, 2.05) is 35.8 Å². The fourth-order valence-electron chi connectivity index (χ4n) is 1.84. The molecule has 94 valence electrons. The number of nitrogens with one attached hydrogen (secondary N) is 2. The van der Waals surface area contributed by atoms with E-state index in [0.29, 0.717) is 6.42 Å². The van der Waals surface area contributed by atoms with Crippen LogP contribution in [0.5, 0.6) is 0 Å². The van der Waals surface area contributed by atoms with Gasteiger partial charge in [0.2, 0.25) is 5.91 Å². The van der Waals surface area contributed by atoms with Gasteiger partial charge in [-0.3, -0.25) is 10.1 Å². The topological polar surface area (TPSA) is 114 Å². The zero-order valence-electron chi connectivity index (χ0n) is 9.64. The normalized spacial score (nSPS) is 12.3. The molecule has 2 rings (SSSR count). The molecule has 0 aliphatic carbocycles. The molecule has 1 aromatic heterocycles. The molecular weight excluding hydrogens is 232 g/mol. The molecule has 0 aliphatic heterocycles. The van der Waals surface area contributed by atoms with E-state index in [1.165, 1.54) is 0 Å². The number of hydrogen-bond donors (Lipinski definition) is 4. The van der Waals surface area contributed by atoms with Crippen LogP contribution in [0.25, 0.3) is 10.9 Å². The molecule has 6 N–H and O–H groups in total. The Morgan fingerprint density at radius 1 is 1.33 bits per heavy atom. The van der Waals surface area contributed by atoms with Gasteiger partial charge in [0, 0.05) is 17.1 Å². The summed E-state index contributed by atoms with van der Waals surface area (Å²) in [6.45, 7) is 0. The molecule has 0 fully saturated rings. The van der Waals surface area contributed by atoms with Crippen LogP contribution in [0.15, 0.2) is 30.5 Å². The molecule has 6 heteroatoms. The van der Waals surface area contributed by atoms with Crippen LogP contribution in [0, 0.1) is 0 Å². The molecule has 6 nitrogen and oxygen atoms in total. The Balaban J connectivity index is 2.14. The standard InChI is InChI=1S/C12H14N4O2/c13-9(11(17)16-12(14)18)5-7-6-15-10-4-2-1-3-8(7)10/h1-4,6,9,15H,5,13H2,(H3,14,16,17,18)/t9-/m1/s1. The molecule has 0 saturated heterocycles. The minimum Gasteiger partial charge on any atom is -0.361 e. The molecule has 0 unspecified atom stereocenters. The number of primary amides is 1. The molecule has 0 radical (unpaired) electrons. The van der Waals surface area contributed by atoms with E-state index in [0.717, 1.165) is 16.5 Å². The van der Waals surface area contributed by atoms with Crippen molar-refractivity contribution in [3.05, 3.63) is 36.0 Å². The van der Waals surface area contributed by atoms with Crippen LogP contribution in [0.3, 0.4) is 0 Å². The van der Waals surface area contributed by atoms with Crippen LogP contribution in [0.1, 0.15) is 5.56 Å². The molecule has 3 amide bonds. The summed E-state index contributed by atoms with van der Waals surface area (Å²) in [7, 11) is 0. The van der Waals surface area contributed by atoms with E-state index in [2.05, 4.69) is 4.98 Å². The van der Waals surface area contributed by atoms with Gasteiger partial charge in [-0.25, -0.2) is 4.79 Å². The molecule has 1 atom stereocenters. The summed E-state index contributed by atoms with van der Waals surface area (Å²) < 4.78 is 0. The molecule has 0 spiro atoms. The number of fused-ring (bicyclic) bond motifs is 1. The van der Waals surface area contributed by atoms with Crippen molar-refractivity contribution >= 4 is 22.8 Å². The van der Waals surface area contributed by atoms with Crippen molar-refractivity contribution in [2.45, 2.75) is 12.5 Å². The fraction of sp³-hybridized carbons (Fsp3) is 0.167. The van der Waals surface area contributed by atoms with Crippen LogP contribution in [0.2, 0.25) is 0 Å². The Morgan fingerprint density at radius 2 is 2.06 bits per heavy atom. The van der Waals surface area contributed by atoms with Crippen molar-refractivity contribution in [1.29, 1.82) is 0 Å². The van der Waals surface area contributed by atoms with Gasteiger partial charge in [0.25, 0.3) is 0 Å². The number of rotatable bonds is 3. The monoisotopic (exact) mass is 246 g/mol. The lowest BCUT2D eigenvalue weighted by molar-refractivity contribution is -0.121. The maximum atomic E-state index is 11.5. The van der Waals surface area contributed by atoms with Crippen molar-refractivity contribution in [2.75, 3.05) is 0 Å². The third-order valence-electron chi connectivity index (χ3n) is 2.70. The van der Waals surface area contributed by atoms with Gasteiger partial charge in [-0.2, -0.15) is 0 Å². The summed E-state index contributed by atoms with van der Waals surface area (Å²) in [4.78, 5) is 25.1. The van der Waals surface area contributed by atoms with Gasteiger partial charge in [-0.15, -0.1) is 0 Å². The zero-order chi connectivity index (χ0) is 13.1. The number of aromatic amines is 1. The third kappa shape index (κ3) is 2.49. The van der Waals surface area contributed by atoms with Crippen molar-refractivity contribution in [3.8, 4) is 0 Å². The summed E-state index contributed by atoms with van der Waals surface area (Å²) in [6, 6.07) is 6.01. The Bertz CT molecular complexity index is 591. The molecule has 1 heterocycles. The smallest absolute Gasteiger partial charge is 0.318 e. The average Bonchev–Trinajstić information content (AvgIpc) is 2.72. The summed E-state index contributed by atoms with van der Waals surface area (Å²) in [5.41, 5.74) is 12.5. The number of H-pyrrole nitrogens is 1. The lowest BCUT2D eigenvalue weighted by Crippen LogP contribution is -2.46. The van der Waals surface area contributed by atoms with Gasteiger partial charge in [0.1, 0.15) is 0 Å². The van der Waals surface area contributed by atoms with E-state index in [9.17, 15) is 9.59 Å². The molecule has 18 heavy (non-hydrogen) atoms. The van der Waals surface area contributed by atoms with Crippen molar-refractivity contribution < 1.29 is 9.59 Å². The van der Waals surface area contributed by atoms with Crippen molar-refractivity contribution in [3.63, 3.8) is 0 Å². The lowest BCUT2D eigenvalue weighted by Gasteiger charge is -2.09. The fourth-order valence-corrected chi connectivity index (χ4v) is 1.84. The molecule has 2 aromatic rings. The van der Waals surface area contributed by atoms with Crippen LogP contribution >= 0.6 is 0 Å². The van der Waals surface area contributed by atoms with E-state index in [1.54, 1.807) is 0 Å². The quantitative estimate of drug-likeness (QED) is 0.621. The summed E-state index contributed by atoms with van der Waals surface area (Å²) >= 11 is 0. The highest BCUT2D eigenvalue weighted by Gasteiger charge is 2.17. The van der Waals surface area contributed by atoms with Crippen molar-refractivity contribution in [2.24, 2.45) is 11.5 Å².